The van der Waals surface area contributed by atoms with Gasteiger partial charge in [-0.05, 0) is 50.3 Å². The fourth-order valence-corrected chi connectivity index (χ4v) is 2.17. The molecule has 20 heavy (non-hydrogen) atoms. The highest BCUT2D eigenvalue weighted by atomic mass is 16.2. The van der Waals surface area contributed by atoms with E-state index in [1.165, 1.54) is 12.8 Å². The van der Waals surface area contributed by atoms with Gasteiger partial charge in [-0.15, -0.1) is 0 Å². The summed E-state index contributed by atoms with van der Waals surface area (Å²) in [6, 6.07) is 8.18. The molecule has 0 radical (unpaired) electrons. The molecular weight excluding hydrogens is 250 g/mol. The lowest BCUT2D eigenvalue weighted by atomic mass is 10.1. The number of hydrogen-bond donors (Lipinski definition) is 2. The molecule has 0 saturated heterocycles. The zero-order valence-electron chi connectivity index (χ0n) is 12.4. The first kappa shape index (κ1) is 14.9. The molecule has 0 heterocycles. The van der Waals surface area contributed by atoms with Gasteiger partial charge in [0, 0.05) is 24.8 Å². The summed E-state index contributed by atoms with van der Waals surface area (Å²) in [5.41, 5.74) is 7.72. The molecule has 0 atom stereocenters. The summed E-state index contributed by atoms with van der Waals surface area (Å²) >= 11 is 0. The van der Waals surface area contributed by atoms with Gasteiger partial charge < -0.3 is 11.1 Å². The number of anilines is 1. The van der Waals surface area contributed by atoms with Crippen molar-refractivity contribution in [1.82, 2.24) is 10.2 Å². The number of hydrogen-bond acceptors (Lipinski definition) is 3. The van der Waals surface area contributed by atoms with Crippen LogP contribution in [0.3, 0.4) is 0 Å². The maximum Gasteiger partial charge on any atom is 0.234 e. The summed E-state index contributed by atoms with van der Waals surface area (Å²) in [6.45, 7) is 6.25. The lowest BCUT2D eigenvalue weighted by molar-refractivity contribution is -0.122. The van der Waals surface area contributed by atoms with E-state index in [0.29, 0.717) is 12.6 Å². The number of nitrogens with zero attached hydrogens (tertiary/aromatic N) is 1. The third-order valence-corrected chi connectivity index (χ3v) is 3.70. The Hall–Kier alpha value is -1.55. The highest BCUT2D eigenvalue weighted by Crippen LogP contribution is 2.27. The minimum absolute atomic E-state index is 0.120. The first-order valence-electron chi connectivity index (χ1n) is 7.39. The molecule has 1 saturated carbocycles. The van der Waals surface area contributed by atoms with Gasteiger partial charge in [0.15, 0.2) is 0 Å². The first-order valence-corrected chi connectivity index (χ1v) is 7.39. The zero-order valence-corrected chi connectivity index (χ0v) is 12.4. The smallest absolute Gasteiger partial charge is 0.234 e. The molecule has 0 unspecified atom stereocenters. The van der Waals surface area contributed by atoms with Crippen molar-refractivity contribution in [3.05, 3.63) is 29.8 Å². The zero-order chi connectivity index (χ0) is 14.5. The summed E-state index contributed by atoms with van der Waals surface area (Å²) in [7, 11) is 0. The van der Waals surface area contributed by atoms with E-state index in [9.17, 15) is 4.79 Å². The fourth-order valence-electron chi connectivity index (χ4n) is 2.17. The van der Waals surface area contributed by atoms with E-state index in [4.69, 9.17) is 5.73 Å². The first-order chi connectivity index (χ1) is 9.54. The van der Waals surface area contributed by atoms with Crippen molar-refractivity contribution in [2.45, 2.75) is 39.3 Å². The molecule has 1 amide bonds. The average molecular weight is 275 g/mol. The summed E-state index contributed by atoms with van der Waals surface area (Å²) in [5.74, 6) is 0.842. The second-order valence-corrected chi connectivity index (χ2v) is 5.99. The fraction of sp³-hybridized carbons (Fsp3) is 0.562. The van der Waals surface area contributed by atoms with Crippen LogP contribution in [0.1, 0.15) is 32.3 Å². The van der Waals surface area contributed by atoms with Crippen molar-refractivity contribution >= 4 is 11.6 Å². The van der Waals surface area contributed by atoms with Gasteiger partial charge in [-0.1, -0.05) is 12.1 Å². The van der Waals surface area contributed by atoms with Gasteiger partial charge in [0.1, 0.15) is 0 Å². The van der Waals surface area contributed by atoms with Gasteiger partial charge >= 0.3 is 0 Å². The number of carbonyl (C=O) groups is 1. The van der Waals surface area contributed by atoms with Crippen LogP contribution in [0.25, 0.3) is 0 Å². The van der Waals surface area contributed by atoms with Crippen molar-refractivity contribution in [1.29, 1.82) is 0 Å². The highest BCUT2D eigenvalue weighted by molar-refractivity contribution is 5.78. The molecule has 0 spiro atoms. The Morgan fingerprint density at radius 3 is 2.80 bits per heavy atom. The van der Waals surface area contributed by atoms with E-state index < -0.39 is 0 Å². The number of amides is 1. The molecule has 4 nitrogen and oxygen atoms in total. The standard InChI is InChI=1S/C16H25N3O/c1-12(2)19(10-14-4-3-5-15(17)8-14)11-16(20)18-9-13-6-7-13/h3-5,8,12-13H,6-7,9-11,17H2,1-2H3,(H,18,20). The average Bonchev–Trinajstić information content (AvgIpc) is 3.19. The third-order valence-electron chi connectivity index (χ3n) is 3.70. The number of carbonyl (C=O) groups excluding carboxylic acids is 1. The molecular formula is C16H25N3O. The predicted octanol–water partition coefficient (Wildman–Crippen LogP) is 2.01. The minimum Gasteiger partial charge on any atom is -0.399 e. The maximum atomic E-state index is 12.0. The number of nitrogens with two attached hydrogens (primary N) is 1. The van der Waals surface area contributed by atoms with Crippen LogP contribution < -0.4 is 11.1 Å². The molecule has 2 rings (SSSR count). The van der Waals surface area contributed by atoms with E-state index >= 15 is 0 Å². The Labute approximate surface area is 121 Å². The van der Waals surface area contributed by atoms with Crippen LogP contribution in [0.2, 0.25) is 0 Å². The van der Waals surface area contributed by atoms with Crippen LogP contribution in [-0.2, 0) is 11.3 Å². The van der Waals surface area contributed by atoms with Crippen LogP contribution in [0.15, 0.2) is 24.3 Å². The minimum atomic E-state index is 0.120. The second-order valence-electron chi connectivity index (χ2n) is 5.99. The Morgan fingerprint density at radius 2 is 2.20 bits per heavy atom. The summed E-state index contributed by atoms with van der Waals surface area (Å²) in [4.78, 5) is 14.1. The number of nitrogens with one attached hydrogen (secondary N) is 1. The quantitative estimate of drug-likeness (QED) is 0.748. The van der Waals surface area contributed by atoms with Crippen LogP contribution in [-0.4, -0.2) is 29.9 Å². The molecule has 4 heteroatoms. The molecule has 0 aliphatic heterocycles. The lowest BCUT2D eigenvalue weighted by Crippen LogP contribution is -2.40. The van der Waals surface area contributed by atoms with Crippen LogP contribution in [0.4, 0.5) is 5.69 Å². The molecule has 1 fully saturated rings. The van der Waals surface area contributed by atoms with Crippen LogP contribution in [0, 0.1) is 5.92 Å². The SMILES string of the molecule is CC(C)N(CC(=O)NCC1CC1)Cc1cccc(N)c1. The molecule has 1 aliphatic rings. The molecule has 0 aromatic heterocycles. The van der Waals surface area contributed by atoms with Crippen molar-refractivity contribution in [3.63, 3.8) is 0 Å². The highest BCUT2D eigenvalue weighted by Gasteiger charge is 2.22. The number of nitrogen functional groups attached to an aromatic ring is 1. The van der Waals surface area contributed by atoms with Gasteiger partial charge in [0.2, 0.25) is 5.91 Å². The van der Waals surface area contributed by atoms with E-state index in [0.717, 1.165) is 30.3 Å². The summed E-state index contributed by atoms with van der Waals surface area (Å²) < 4.78 is 0. The molecule has 0 bridgehead atoms. The van der Waals surface area contributed by atoms with Crippen molar-refractivity contribution in [2.24, 2.45) is 5.92 Å². The Kier molecular flexibility index (Phi) is 5.01. The Morgan fingerprint density at radius 1 is 1.45 bits per heavy atom. The van der Waals surface area contributed by atoms with Crippen LogP contribution >= 0.6 is 0 Å². The van der Waals surface area contributed by atoms with E-state index in [2.05, 4.69) is 24.1 Å². The van der Waals surface area contributed by atoms with Gasteiger partial charge in [-0.25, -0.2) is 0 Å². The predicted molar refractivity (Wildman–Crippen MR) is 82.1 cm³/mol. The normalized spacial score (nSPS) is 14.8. The largest absolute Gasteiger partial charge is 0.399 e. The number of benzene rings is 1. The van der Waals surface area contributed by atoms with Crippen molar-refractivity contribution in [2.75, 3.05) is 18.8 Å². The summed E-state index contributed by atoms with van der Waals surface area (Å²) in [5, 5.41) is 3.02. The molecule has 1 aliphatic carbocycles. The molecule has 3 N–H and O–H groups in total. The third kappa shape index (κ3) is 4.85. The van der Waals surface area contributed by atoms with Gasteiger partial charge in [-0.3, -0.25) is 9.69 Å². The monoisotopic (exact) mass is 275 g/mol. The maximum absolute atomic E-state index is 12.0. The van der Waals surface area contributed by atoms with Crippen molar-refractivity contribution in [3.8, 4) is 0 Å². The van der Waals surface area contributed by atoms with Gasteiger partial charge in [0.05, 0.1) is 6.54 Å². The van der Waals surface area contributed by atoms with Crippen LogP contribution in [0.5, 0.6) is 0 Å². The molecule has 1 aromatic carbocycles. The molecule has 110 valence electrons. The van der Waals surface area contributed by atoms with E-state index in [-0.39, 0.29) is 5.91 Å². The lowest BCUT2D eigenvalue weighted by Gasteiger charge is -2.26. The summed E-state index contributed by atoms with van der Waals surface area (Å²) in [6.07, 6.45) is 2.52. The van der Waals surface area contributed by atoms with E-state index in [1.54, 1.807) is 0 Å². The number of rotatable bonds is 7. The Bertz CT molecular complexity index is 455. The van der Waals surface area contributed by atoms with Crippen molar-refractivity contribution < 1.29 is 4.79 Å². The second kappa shape index (κ2) is 6.75. The van der Waals surface area contributed by atoms with Gasteiger partial charge in [-0.2, -0.15) is 0 Å². The molecule has 1 aromatic rings. The Balaban J connectivity index is 1.87. The topological polar surface area (TPSA) is 58.4 Å². The van der Waals surface area contributed by atoms with Gasteiger partial charge in [0.25, 0.3) is 0 Å². The van der Waals surface area contributed by atoms with E-state index in [1.807, 2.05) is 24.3 Å².